The lowest BCUT2D eigenvalue weighted by Gasteiger charge is -2.14. The number of rotatable bonds is 7. The minimum Gasteiger partial charge on any atom is -0.495 e. The van der Waals surface area contributed by atoms with Gasteiger partial charge in [0, 0.05) is 17.8 Å². The fourth-order valence-corrected chi connectivity index (χ4v) is 2.80. The predicted molar refractivity (Wildman–Crippen MR) is 106 cm³/mol. The lowest BCUT2D eigenvalue weighted by molar-refractivity contribution is 0.102. The number of benzene rings is 2. The molecular formula is C18H22BrClN2O3. The number of hydrogen-bond donors (Lipinski definition) is 2. The highest BCUT2D eigenvalue weighted by Gasteiger charge is 2.15. The molecule has 2 aromatic carbocycles. The van der Waals surface area contributed by atoms with Crippen LogP contribution >= 0.6 is 28.3 Å². The number of amides is 1. The molecule has 0 saturated heterocycles. The SMILES string of the molecule is CCNCc1ccccc1NC(=O)c1cc(OC)c(Br)c(OC)c1.Cl. The van der Waals surface area contributed by atoms with E-state index in [4.69, 9.17) is 9.47 Å². The summed E-state index contributed by atoms with van der Waals surface area (Å²) in [6.45, 7) is 3.60. The molecule has 5 nitrogen and oxygen atoms in total. The summed E-state index contributed by atoms with van der Waals surface area (Å²) in [5.41, 5.74) is 2.28. The predicted octanol–water partition coefficient (Wildman–Crippen LogP) is 4.25. The highest BCUT2D eigenvalue weighted by atomic mass is 79.9. The van der Waals surface area contributed by atoms with E-state index in [0.717, 1.165) is 17.8 Å². The van der Waals surface area contributed by atoms with Crippen LogP contribution in [-0.4, -0.2) is 26.7 Å². The summed E-state index contributed by atoms with van der Waals surface area (Å²) >= 11 is 3.40. The van der Waals surface area contributed by atoms with Crippen LogP contribution in [-0.2, 0) is 6.54 Å². The van der Waals surface area contributed by atoms with Gasteiger partial charge in [0.05, 0.1) is 14.2 Å². The van der Waals surface area contributed by atoms with Crippen LogP contribution in [0.1, 0.15) is 22.8 Å². The first-order valence-electron chi connectivity index (χ1n) is 7.62. The maximum atomic E-state index is 12.6. The van der Waals surface area contributed by atoms with E-state index in [0.29, 0.717) is 28.1 Å². The molecule has 0 radical (unpaired) electrons. The van der Waals surface area contributed by atoms with Crippen LogP contribution in [0.4, 0.5) is 5.69 Å². The molecule has 0 aliphatic heterocycles. The van der Waals surface area contributed by atoms with E-state index in [1.165, 1.54) is 0 Å². The summed E-state index contributed by atoms with van der Waals surface area (Å²) in [7, 11) is 3.10. The fraction of sp³-hybridized carbons (Fsp3) is 0.278. The molecular weight excluding hydrogens is 408 g/mol. The smallest absolute Gasteiger partial charge is 0.255 e. The van der Waals surface area contributed by atoms with Crippen molar-refractivity contribution in [1.82, 2.24) is 5.32 Å². The van der Waals surface area contributed by atoms with Crippen molar-refractivity contribution in [2.75, 3.05) is 26.1 Å². The normalized spacial score (nSPS) is 9.92. The van der Waals surface area contributed by atoms with Gasteiger partial charge in [-0.25, -0.2) is 0 Å². The van der Waals surface area contributed by atoms with Gasteiger partial charge >= 0.3 is 0 Å². The third kappa shape index (κ3) is 5.36. The van der Waals surface area contributed by atoms with E-state index in [1.54, 1.807) is 26.4 Å². The molecule has 2 aromatic rings. The Morgan fingerprint density at radius 3 is 2.28 bits per heavy atom. The van der Waals surface area contributed by atoms with Crippen molar-refractivity contribution in [2.45, 2.75) is 13.5 Å². The molecule has 25 heavy (non-hydrogen) atoms. The standard InChI is InChI=1S/C18H21BrN2O3.ClH/c1-4-20-11-12-7-5-6-8-14(12)21-18(22)13-9-15(23-2)17(19)16(10-13)24-3;/h5-10,20H,4,11H2,1-3H3,(H,21,22);1H. The van der Waals surface area contributed by atoms with E-state index in [9.17, 15) is 4.79 Å². The van der Waals surface area contributed by atoms with Crippen LogP contribution < -0.4 is 20.1 Å². The second-order valence-electron chi connectivity index (χ2n) is 5.09. The lowest BCUT2D eigenvalue weighted by Crippen LogP contribution is -2.17. The molecule has 0 fully saturated rings. The Kier molecular flexibility index (Phi) is 8.75. The van der Waals surface area contributed by atoms with Crippen LogP contribution in [0.5, 0.6) is 11.5 Å². The quantitative estimate of drug-likeness (QED) is 0.691. The zero-order chi connectivity index (χ0) is 17.5. The van der Waals surface area contributed by atoms with Gasteiger partial charge in [-0.2, -0.15) is 0 Å². The Balaban J connectivity index is 0.00000312. The van der Waals surface area contributed by atoms with Crippen LogP contribution in [0.15, 0.2) is 40.9 Å². The molecule has 2 N–H and O–H groups in total. The number of hydrogen-bond acceptors (Lipinski definition) is 4. The number of anilines is 1. The summed E-state index contributed by atoms with van der Waals surface area (Å²) in [5.74, 6) is 0.865. The molecule has 0 saturated carbocycles. The lowest BCUT2D eigenvalue weighted by atomic mass is 10.1. The summed E-state index contributed by atoms with van der Waals surface area (Å²) in [4.78, 5) is 12.6. The number of methoxy groups -OCH3 is 2. The molecule has 0 aromatic heterocycles. The summed E-state index contributed by atoms with van der Waals surface area (Å²) in [5, 5.41) is 6.22. The Morgan fingerprint density at radius 1 is 1.12 bits per heavy atom. The van der Waals surface area contributed by atoms with E-state index in [1.807, 2.05) is 31.2 Å². The van der Waals surface area contributed by atoms with Gasteiger partial charge in [-0.3, -0.25) is 4.79 Å². The van der Waals surface area contributed by atoms with Crippen LogP contribution in [0.3, 0.4) is 0 Å². The van der Waals surface area contributed by atoms with Gasteiger partial charge in [-0.1, -0.05) is 25.1 Å². The van der Waals surface area contributed by atoms with Crippen molar-refractivity contribution in [1.29, 1.82) is 0 Å². The first kappa shape index (κ1) is 21.3. The Bertz CT molecular complexity index is 700. The van der Waals surface area contributed by atoms with E-state index < -0.39 is 0 Å². The molecule has 0 heterocycles. The third-order valence-corrected chi connectivity index (χ3v) is 4.32. The number of nitrogens with one attached hydrogen (secondary N) is 2. The second-order valence-corrected chi connectivity index (χ2v) is 5.88. The topological polar surface area (TPSA) is 59.6 Å². The highest BCUT2D eigenvalue weighted by molar-refractivity contribution is 9.10. The Labute approximate surface area is 162 Å². The molecule has 0 aliphatic carbocycles. The molecule has 7 heteroatoms. The number of ether oxygens (including phenoxy) is 2. The number of para-hydroxylation sites is 1. The first-order valence-corrected chi connectivity index (χ1v) is 8.41. The average Bonchev–Trinajstić information content (AvgIpc) is 2.61. The summed E-state index contributed by atoms with van der Waals surface area (Å²) in [6.07, 6.45) is 0. The molecule has 136 valence electrons. The number of carbonyl (C=O) groups is 1. The second kappa shape index (κ2) is 10.3. The average molecular weight is 430 g/mol. The number of carbonyl (C=O) groups excluding carboxylic acids is 1. The molecule has 0 bridgehead atoms. The van der Waals surface area contributed by atoms with Gasteiger partial charge in [0.25, 0.3) is 5.91 Å². The van der Waals surface area contributed by atoms with Crippen molar-refractivity contribution in [3.63, 3.8) is 0 Å². The zero-order valence-corrected chi connectivity index (χ0v) is 16.8. The van der Waals surface area contributed by atoms with Crippen LogP contribution in [0, 0.1) is 0 Å². The minimum absolute atomic E-state index is 0. The molecule has 0 atom stereocenters. The van der Waals surface area contributed by atoms with Crippen molar-refractivity contribution in [3.05, 3.63) is 52.0 Å². The Morgan fingerprint density at radius 2 is 1.72 bits per heavy atom. The third-order valence-electron chi connectivity index (χ3n) is 3.54. The maximum absolute atomic E-state index is 12.6. The van der Waals surface area contributed by atoms with Crippen molar-refractivity contribution in [3.8, 4) is 11.5 Å². The van der Waals surface area contributed by atoms with E-state index >= 15 is 0 Å². The summed E-state index contributed by atoms with van der Waals surface area (Å²) < 4.78 is 11.3. The van der Waals surface area contributed by atoms with Crippen LogP contribution in [0.2, 0.25) is 0 Å². The van der Waals surface area contributed by atoms with Gasteiger partial charge in [0.2, 0.25) is 0 Å². The van der Waals surface area contributed by atoms with Crippen molar-refractivity contribution >= 4 is 39.9 Å². The summed E-state index contributed by atoms with van der Waals surface area (Å²) in [6, 6.07) is 11.1. The zero-order valence-electron chi connectivity index (χ0n) is 14.4. The maximum Gasteiger partial charge on any atom is 0.255 e. The Hall–Kier alpha value is -1.76. The molecule has 0 spiro atoms. The van der Waals surface area contributed by atoms with Gasteiger partial charge in [0.1, 0.15) is 16.0 Å². The monoisotopic (exact) mass is 428 g/mol. The van der Waals surface area contributed by atoms with Crippen LogP contribution in [0.25, 0.3) is 0 Å². The van der Waals surface area contributed by atoms with Gasteiger partial charge in [-0.15, -0.1) is 12.4 Å². The minimum atomic E-state index is -0.219. The number of halogens is 2. The van der Waals surface area contributed by atoms with Crippen molar-refractivity contribution in [2.24, 2.45) is 0 Å². The first-order chi connectivity index (χ1) is 11.6. The largest absolute Gasteiger partial charge is 0.495 e. The highest BCUT2D eigenvalue weighted by Crippen LogP contribution is 2.35. The van der Waals surface area contributed by atoms with Crippen molar-refractivity contribution < 1.29 is 14.3 Å². The molecule has 0 aliphatic rings. The van der Waals surface area contributed by atoms with E-state index in [2.05, 4.69) is 26.6 Å². The van der Waals surface area contributed by atoms with E-state index in [-0.39, 0.29) is 18.3 Å². The fourth-order valence-electron chi connectivity index (χ4n) is 2.25. The molecule has 2 rings (SSSR count). The molecule has 0 unspecified atom stereocenters. The van der Waals surface area contributed by atoms with Gasteiger partial charge in [-0.05, 0) is 46.2 Å². The van der Waals surface area contributed by atoms with Gasteiger partial charge in [0.15, 0.2) is 0 Å². The molecule has 1 amide bonds. The van der Waals surface area contributed by atoms with Gasteiger partial charge < -0.3 is 20.1 Å².